The van der Waals surface area contributed by atoms with E-state index < -0.39 is 7.26 Å². The highest BCUT2D eigenvalue weighted by atomic mass is 79.9. The fourth-order valence-corrected chi connectivity index (χ4v) is 2.10. The molecular weight excluding hydrogens is 199 g/mol. The zero-order valence-corrected chi connectivity index (χ0v) is 8.74. The van der Waals surface area contributed by atoms with Gasteiger partial charge in [-0.2, -0.15) is 0 Å². The summed E-state index contributed by atoms with van der Waals surface area (Å²) < 4.78 is 0. The largest absolute Gasteiger partial charge is 0.382 e. The van der Waals surface area contributed by atoms with Gasteiger partial charge in [0.05, 0.1) is 6.16 Å². The number of hydrogen-bond donors (Lipinski definition) is 1. The summed E-state index contributed by atoms with van der Waals surface area (Å²) in [4.78, 5) is 0. The van der Waals surface area contributed by atoms with Gasteiger partial charge in [0.15, 0.2) is 0 Å². The molecule has 0 aromatic heterocycles. The lowest BCUT2D eigenvalue weighted by Gasteiger charge is -2.11. The average Bonchev–Trinajstić information content (AvgIpc) is 1.59. The van der Waals surface area contributed by atoms with E-state index in [0.717, 1.165) is 6.42 Å². The first-order valence-electron chi connectivity index (χ1n) is 3.04. The Labute approximate surface area is 66.3 Å². The molecule has 1 nitrogen and oxygen atoms in total. The van der Waals surface area contributed by atoms with E-state index in [2.05, 4.69) is 35.9 Å². The predicted molar refractivity (Wildman–Crippen MR) is 49.1 cm³/mol. The van der Waals surface area contributed by atoms with E-state index in [9.17, 15) is 0 Å². The third-order valence-electron chi connectivity index (χ3n) is 1.04. The fraction of sp³-hybridized carbons (Fsp3) is 1.00. The minimum absolute atomic E-state index is 0.295. The summed E-state index contributed by atoms with van der Waals surface area (Å²) in [7, 11) is -0.660. The summed E-state index contributed by atoms with van der Waals surface area (Å²) in [5.41, 5.74) is 0. The van der Waals surface area contributed by atoms with Gasteiger partial charge >= 0.3 is 0 Å². The molecule has 0 amide bonds. The van der Waals surface area contributed by atoms with Crippen LogP contribution >= 0.6 is 23.2 Å². The Bertz CT molecular complexity index is 77.6. The Morgan fingerprint density at radius 3 is 2.00 bits per heavy atom. The van der Waals surface area contributed by atoms with Gasteiger partial charge in [0.1, 0.15) is 5.01 Å². The smallest absolute Gasteiger partial charge is 0.112 e. The molecule has 1 unspecified atom stereocenters. The highest BCUT2D eigenvalue weighted by Gasteiger charge is 2.17. The first-order valence-corrected chi connectivity index (χ1v) is 7.27. The molecule has 0 aromatic carbocycles. The molecule has 3 heteroatoms. The third kappa shape index (κ3) is 8.87. The van der Waals surface area contributed by atoms with Crippen molar-refractivity contribution in [2.75, 3.05) is 26.2 Å². The van der Waals surface area contributed by atoms with E-state index in [0.29, 0.717) is 0 Å². The van der Waals surface area contributed by atoms with Gasteiger partial charge in [0.2, 0.25) is 0 Å². The molecular formula is C6H15BrOP+. The lowest BCUT2D eigenvalue weighted by Crippen LogP contribution is -2.01. The molecule has 0 fully saturated rings. The molecule has 0 heterocycles. The molecule has 0 saturated heterocycles. The van der Waals surface area contributed by atoms with Gasteiger partial charge in [0.25, 0.3) is 0 Å². The van der Waals surface area contributed by atoms with Gasteiger partial charge in [-0.25, -0.2) is 0 Å². The second-order valence-corrected chi connectivity index (χ2v) is 9.32. The monoisotopic (exact) mass is 213 g/mol. The van der Waals surface area contributed by atoms with Crippen LogP contribution in [-0.2, 0) is 0 Å². The molecule has 9 heavy (non-hydrogen) atoms. The number of halogens is 1. The van der Waals surface area contributed by atoms with E-state index in [1.165, 1.54) is 6.16 Å². The first-order chi connectivity index (χ1) is 3.92. The lowest BCUT2D eigenvalue weighted by atomic mass is 10.5. The Morgan fingerprint density at radius 2 is 1.89 bits per heavy atom. The van der Waals surface area contributed by atoms with Crippen LogP contribution in [0.2, 0.25) is 0 Å². The zero-order valence-electron chi connectivity index (χ0n) is 6.26. The second kappa shape index (κ2) is 3.90. The summed E-state index contributed by atoms with van der Waals surface area (Å²) in [6, 6.07) is 0. The molecule has 0 aliphatic carbocycles. The van der Waals surface area contributed by atoms with Crippen LogP contribution in [0, 0.1) is 0 Å². The predicted octanol–water partition coefficient (Wildman–Crippen LogP) is 2.00. The summed E-state index contributed by atoms with van der Waals surface area (Å²) in [5.74, 6) is 0. The summed E-state index contributed by atoms with van der Waals surface area (Å²) in [6.45, 7) is 6.84. The van der Waals surface area contributed by atoms with Gasteiger partial charge in [-0.3, -0.25) is 0 Å². The van der Waals surface area contributed by atoms with Gasteiger partial charge in [-0.1, -0.05) is 15.9 Å². The van der Waals surface area contributed by atoms with Crippen LogP contribution in [0.15, 0.2) is 0 Å². The standard InChI is InChI=1S/C6H15BrOP/c1-9(2,3)5-4-6(7)8/h6,8H,4-5H2,1-3H3/q+1. The SMILES string of the molecule is C[P+](C)(C)CCC(O)Br. The van der Waals surface area contributed by atoms with Crippen LogP contribution < -0.4 is 0 Å². The van der Waals surface area contributed by atoms with Crippen molar-refractivity contribution in [2.45, 2.75) is 11.4 Å². The first kappa shape index (κ1) is 9.87. The topological polar surface area (TPSA) is 20.2 Å². The zero-order chi connectivity index (χ0) is 7.49. The van der Waals surface area contributed by atoms with Crippen LogP contribution in [0.25, 0.3) is 0 Å². The molecule has 0 rings (SSSR count). The maximum Gasteiger partial charge on any atom is 0.112 e. The summed E-state index contributed by atoms with van der Waals surface area (Å²) in [6.07, 6.45) is 2.05. The van der Waals surface area contributed by atoms with Gasteiger partial charge in [-0.15, -0.1) is 0 Å². The number of aliphatic hydroxyl groups is 1. The fourth-order valence-electron chi connectivity index (χ4n) is 0.494. The number of alkyl halides is 1. The van der Waals surface area contributed by atoms with Crippen LogP contribution in [0.4, 0.5) is 0 Å². The molecule has 0 bridgehead atoms. The minimum Gasteiger partial charge on any atom is -0.382 e. The van der Waals surface area contributed by atoms with Crippen molar-refractivity contribution in [2.24, 2.45) is 0 Å². The summed E-state index contributed by atoms with van der Waals surface area (Å²) in [5, 5.41) is 8.56. The van der Waals surface area contributed by atoms with E-state index in [-0.39, 0.29) is 5.01 Å². The van der Waals surface area contributed by atoms with E-state index in [4.69, 9.17) is 5.11 Å². The number of hydrogen-bond acceptors (Lipinski definition) is 1. The van der Waals surface area contributed by atoms with Crippen molar-refractivity contribution in [1.82, 2.24) is 0 Å². The van der Waals surface area contributed by atoms with Crippen molar-refractivity contribution in [1.29, 1.82) is 0 Å². The van der Waals surface area contributed by atoms with Crippen molar-refractivity contribution in [3.05, 3.63) is 0 Å². The van der Waals surface area contributed by atoms with Gasteiger partial charge < -0.3 is 5.11 Å². The molecule has 1 N–H and O–H groups in total. The molecule has 0 aliphatic rings. The molecule has 1 atom stereocenters. The van der Waals surface area contributed by atoms with Crippen molar-refractivity contribution in [3.8, 4) is 0 Å². The molecule has 0 aliphatic heterocycles. The maximum absolute atomic E-state index is 8.85. The van der Waals surface area contributed by atoms with Gasteiger partial charge in [0, 0.05) is 33.7 Å². The van der Waals surface area contributed by atoms with Crippen LogP contribution in [0.1, 0.15) is 6.42 Å². The Hall–Kier alpha value is 0.870. The number of aliphatic hydroxyl groups excluding tert-OH is 1. The van der Waals surface area contributed by atoms with Crippen LogP contribution in [0.3, 0.4) is 0 Å². The van der Waals surface area contributed by atoms with E-state index in [1.54, 1.807) is 0 Å². The van der Waals surface area contributed by atoms with Crippen molar-refractivity contribution >= 4 is 23.2 Å². The normalized spacial score (nSPS) is 15.7. The highest BCUT2D eigenvalue weighted by Crippen LogP contribution is 2.47. The molecule has 0 spiro atoms. The Kier molecular flexibility index (Phi) is 4.28. The lowest BCUT2D eigenvalue weighted by molar-refractivity contribution is 0.267. The van der Waals surface area contributed by atoms with E-state index >= 15 is 0 Å². The third-order valence-corrected chi connectivity index (χ3v) is 3.10. The summed E-state index contributed by atoms with van der Waals surface area (Å²) >= 11 is 3.10. The van der Waals surface area contributed by atoms with E-state index in [1.807, 2.05) is 0 Å². The molecule has 56 valence electrons. The highest BCUT2D eigenvalue weighted by molar-refractivity contribution is 9.09. The van der Waals surface area contributed by atoms with Crippen LogP contribution in [-0.4, -0.2) is 36.3 Å². The number of rotatable bonds is 3. The van der Waals surface area contributed by atoms with Gasteiger partial charge in [-0.05, 0) is 0 Å². The quantitative estimate of drug-likeness (QED) is 0.562. The average molecular weight is 214 g/mol. The van der Waals surface area contributed by atoms with Crippen molar-refractivity contribution in [3.63, 3.8) is 0 Å². The molecule has 0 radical (unpaired) electrons. The van der Waals surface area contributed by atoms with Crippen LogP contribution in [0.5, 0.6) is 0 Å². The maximum atomic E-state index is 8.85. The Morgan fingerprint density at radius 1 is 1.44 bits per heavy atom. The molecule has 0 aromatic rings. The van der Waals surface area contributed by atoms with Crippen molar-refractivity contribution < 1.29 is 5.11 Å². The minimum atomic E-state index is -0.660. The second-order valence-electron chi connectivity index (χ2n) is 3.24. The Balaban J connectivity index is 3.28. The molecule has 0 saturated carbocycles.